The molecule has 3 nitrogen and oxygen atoms in total. The maximum Gasteiger partial charge on any atom is 0.137 e. The van der Waals surface area contributed by atoms with E-state index in [1.165, 1.54) is 11.3 Å². The molecule has 0 fully saturated rings. The third-order valence-electron chi connectivity index (χ3n) is 3.27. The van der Waals surface area contributed by atoms with Gasteiger partial charge in [-0.25, -0.2) is 4.98 Å². The highest BCUT2D eigenvalue weighted by Crippen LogP contribution is 2.16. The Hall–Kier alpha value is -2.29. The monoisotopic (exact) mass is 251 g/mol. The summed E-state index contributed by atoms with van der Waals surface area (Å²) in [6.07, 6.45) is 5.12. The molecule has 19 heavy (non-hydrogen) atoms. The zero-order valence-corrected chi connectivity index (χ0v) is 11.0. The van der Waals surface area contributed by atoms with Crippen LogP contribution in [0.15, 0.2) is 54.9 Å². The van der Waals surface area contributed by atoms with E-state index in [0.29, 0.717) is 0 Å². The molecule has 0 spiro atoms. The summed E-state index contributed by atoms with van der Waals surface area (Å²) in [5.41, 5.74) is 4.58. The van der Waals surface area contributed by atoms with Crippen LogP contribution in [0.5, 0.6) is 0 Å². The smallest absolute Gasteiger partial charge is 0.137 e. The van der Waals surface area contributed by atoms with E-state index >= 15 is 0 Å². The zero-order valence-electron chi connectivity index (χ0n) is 11.0. The summed E-state index contributed by atoms with van der Waals surface area (Å²) in [5.74, 6) is 0. The van der Waals surface area contributed by atoms with Gasteiger partial charge in [-0.05, 0) is 30.2 Å². The second-order valence-corrected chi connectivity index (χ2v) is 4.56. The number of aromatic nitrogens is 2. The van der Waals surface area contributed by atoms with E-state index in [1.54, 1.807) is 0 Å². The Balaban J connectivity index is 1.78. The van der Waals surface area contributed by atoms with Crippen LogP contribution in [0.4, 0.5) is 5.69 Å². The van der Waals surface area contributed by atoms with Crippen molar-refractivity contribution in [3.63, 3.8) is 0 Å². The highest BCUT2D eigenvalue weighted by atomic mass is 15.0. The molecule has 0 aliphatic heterocycles. The van der Waals surface area contributed by atoms with Gasteiger partial charge in [0.15, 0.2) is 0 Å². The van der Waals surface area contributed by atoms with E-state index in [4.69, 9.17) is 0 Å². The number of nitrogens with zero attached hydrogens (tertiary/aromatic N) is 2. The summed E-state index contributed by atoms with van der Waals surface area (Å²) < 4.78 is 2.04. The standard InChI is InChI=1S/C16H17N3/c1-2-13-7-3-4-8-15(13)17-11-14-12-19-10-6-5-9-16(19)18-14/h3-10,12,17H,2,11H2,1H3. The molecular weight excluding hydrogens is 234 g/mol. The van der Waals surface area contributed by atoms with Gasteiger partial charge in [-0.15, -0.1) is 0 Å². The van der Waals surface area contributed by atoms with Crippen LogP contribution in [0, 0.1) is 0 Å². The molecular formula is C16H17N3. The maximum absolute atomic E-state index is 4.58. The topological polar surface area (TPSA) is 29.3 Å². The lowest BCUT2D eigenvalue weighted by atomic mass is 10.1. The number of benzene rings is 1. The van der Waals surface area contributed by atoms with Crippen LogP contribution >= 0.6 is 0 Å². The summed E-state index contributed by atoms with van der Waals surface area (Å²) in [4.78, 5) is 4.58. The van der Waals surface area contributed by atoms with Gasteiger partial charge in [0.2, 0.25) is 0 Å². The highest BCUT2D eigenvalue weighted by Gasteiger charge is 2.02. The Morgan fingerprint density at radius 2 is 1.95 bits per heavy atom. The summed E-state index contributed by atoms with van der Waals surface area (Å²) in [7, 11) is 0. The number of hydrogen-bond acceptors (Lipinski definition) is 2. The number of pyridine rings is 1. The first-order valence-corrected chi connectivity index (χ1v) is 6.61. The minimum Gasteiger partial charge on any atom is -0.379 e. The molecule has 3 rings (SSSR count). The largest absolute Gasteiger partial charge is 0.379 e. The number of imidazole rings is 1. The van der Waals surface area contributed by atoms with Crippen molar-refractivity contribution in [1.29, 1.82) is 0 Å². The molecule has 0 amide bonds. The average Bonchev–Trinajstić information content (AvgIpc) is 2.88. The molecule has 0 saturated carbocycles. The fourth-order valence-electron chi connectivity index (χ4n) is 2.26. The number of para-hydroxylation sites is 1. The molecule has 0 aliphatic rings. The third-order valence-corrected chi connectivity index (χ3v) is 3.27. The van der Waals surface area contributed by atoms with Gasteiger partial charge in [0.05, 0.1) is 12.2 Å². The van der Waals surface area contributed by atoms with Crippen molar-refractivity contribution in [1.82, 2.24) is 9.38 Å². The van der Waals surface area contributed by atoms with Gasteiger partial charge in [-0.1, -0.05) is 31.2 Å². The normalized spacial score (nSPS) is 10.8. The van der Waals surface area contributed by atoms with Crippen LogP contribution in [0.2, 0.25) is 0 Å². The van der Waals surface area contributed by atoms with E-state index in [-0.39, 0.29) is 0 Å². The molecule has 1 aromatic carbocycles. The number of anilines is 1. The minimum absolute atomic E-state index is 0.749. The van der Waals surface area contributed by atoms with Crippen LogP contribution in [0.3, 0.4) is 0 Å². The summed E-state index contributed by atoms with van der Waals surface area (Å²) in [6, 6.07) is 14.5. The van der Waals surface area contributed by atoms with Crippen molar-refractivity contribution in [3.05, 3.63) is 66.1 Å². The predicted molar refractivity (Wildman–Crippen MR) is 78.3 cm³/mol. The van der Waals surface area contributed by atoms with Gasteiger partial charge in [-0.2, -0.15) is 0 Å². The maximum atomic E-state index is 4.58. The number of aryl methyl sites for hydroxylation is 1. The van der Waals surface area contributed by atoms with Gasteiger partial charge >= 0.3 is 0 Å². The number of fused-ring (bicyclic) bond motifs is 1. The Bertz CT molecular complexity index is 652. The molecule has 3 aromatic rings. The molecule has 0 radical (unpaired) electrons. The molecule has 0 saturated heterocycles. The minimum atomic E-state index is 0.749. The molecule has 0 aliphatic carbocycles. The molecule has 2 aromatic heterocycles. The van der Waals surface area contributed by atoms with E-state index < -0.39 is 0 Å². The van der Waals surface area contributed by atoms with Crippen molar-refractivity contribution < 1.29 is 0 Å². The lowest BCUT2D eigenvalue weighted by Crippen LogP contribution is -2.02. The molecule has 1 N–H and O–H groups in total. The predicted octanol–water partition coefficient (Wildman–Crippen LogP) is 3.51. The first-order chi connectivity index (χ1) is 9.36. The van der Waals surface area contributed by atoms with Crippen LogP contribution in [-0.4, -0.2) is 9.38 Å². The van der Waals surface area contributed by atoms with Crippen molar-refractivity contribution >= 4 is 11.3 Å². The van der Waals surface area contributed by atoms with Crippen molar-refractivity contribution in [2.45, 2.75) is 19.9 Å². The van der Waals surface area contributed by atoms with Crippen LogP contribution in [-0.2, 0) is 13.0 Å². The molecule has 96 valence electrons. The Morgan fingerprint density at radius 1 is 1.11 bits per heavy atom. The number of hydrogen-bond donors (Lipinski definition) is 1. The quantitative estimate of drug-likeness (QED) is 0.769. The lowest BCUT2D eigenvalue weighted by Gasteiger charge is -2.09. The second kappa shape index (κ2) is 5.14. The molecule has 0 bridgehead atoms. The van der Waals surface area contributed by atoms with Gasteiger partial charge in [-0.3, -0.25) is 0 Å². The van der Waals surface area contributed by atoms with Crippen LogP contribution < -0.4 is 5.32 Å². The van der Waals surface area contributed by atoms with Gasteiger partial charge < -0.3 is 9.72 Å². The molecule has 0 atom stereocenters. The van der Waals surface area contributed by atoms with Crippen molar-refractivity contribution in [2.24, 2.45) is 0 Å². The van der Waals surface area contributed by atoms with Crippen molar-refractivity contribution in [3.8, 4) is 0 Å². The third kappa shape index (κ3) is 2.45. The SMILES string of the molecule is CCc1ccccc1NCc1cn2ccccc2n1. The number of rotatable bonds is 4. The lowest BCUT2D eigenvalue weighted by molar-refractivity contribution is 1.05. The van der Waals surface area contributed by atoms with E-state index in [1.807, 2.05) is 28.8 Å². The Kier molecular flexibility index (Phi) is 3.19. The first-order valence-electron chi connectivity index (χ1n) is 6.61. The molecule has 3 heteroatoms. The first kappa shape index (κ1) is 11.8. The van der Waals surface area contributed by atoms with Crippen LogP contribution in [0.1, 0.15) is 18.2 Å². The van der Waals surface area contributed by atoms with Gasteiger partial charge in [0, 0.05) is 18.1 Å². The Morgan fingerprint density at radius 3 is 2.79 bits per heavy atom. The fraction of sp³-hybridized carbons (Fsp3) is 0.188. The second-order valence-electron chi connectivity index (χ2n) is 4.56. The number of nitrogens with one attached hydrogen (secondary N) is 1. The summed E-state index contributed by atoms with van der Waals surface area (Å²) in [5, 5.41) is 3.47. The Labute approximate surface area is 112 Å². The van der Waals surface area contributed by atoms with Gasteiger partial charge in [0.25, 0.3) is 0 Å². The molecule has 0 unspecified atom stereocenters. The molecule has 2 heterocycles. The fourth-order valence-corrected chi connectivity index (χ4v) is 2.26. The van der Waals surface area contributed by atoms with E-state index in [0.717, 1.165) is 24.3 Å². The summed E-state index contributed by atoms with van der Waals surface area (Å²) >= 11 is 0. The highest BCUT2D eigenvalue weighted by molar-refractivity contribution is 5.51. The average molecular weight is 251 g/mol. The van der Waals surface area contributed by atoms with E-state index in [9.17, 15) is 0 Å². The van der Waals surface area contributed by atoms with Crippen LogP contribution in [0.25, 0.3) is 5.65 Å². The summed E-state index contributed by atoms with van der Waals surface area (Å²) in [6.45, 7) is 2.92. The van der Waals surface area contributed by atoms with Gasteiger partial charge in [0.1, 0.15) is 5.65 Å². The van der Waals surface area contributed by atoms with E-state index in [2.05, 4.69) is 47.7 Å². The van der Waals surface area contributed by atoms with Crippen molar-refractivity contribution in [2.75, 3.05) is 5.32 Å². The zero-order chi connectivity index (χ0) is 13.1.